The van der Waals surface area contributed by atoms with Gasteiger partial charge < -0.3 is 25.4 Å². The van der Waals surface area contributed by atoms with Gasteiger partial charge in [-0.1, -0.05) is 72.6 Å². The molecular weight excluding hydrogens is 599 g/mol. The molecule has 4 aromatic rings. The van der Waals surface area contributed by atoms with Gasteiger partial charge in [0, 0.05) is 36.6 Å². The Morgan fingerprint density at radius 3 is 2.59 bits per heavy atom. The van der Waals surface area contributed by atoms with Crippen LogP contribution in [0.15, 0.2) is 78.9 Å². The number of nitrogens with one attached hydrogen (secondary N) is 2. The number of hydrogen-bond donors (Lipinski definition) is 3. The van der Waals surface area contributed by atoms with E-state index in [1.807, 2.05) is 75.5 Å². The molecule has 3 atom stereocenters. The molecule has 1 aliphatic heterocycles. The van der Waals surface area contributed by atoms with Crippen LogP contribution in [0.4, 0.5) is 16.2 Å². The zero-order chi connectivity index (χ0) is 31.4. The molecule has 8 nitrogen and oxygen atoms in total. The number of urea groups is 1. The van der Waals surface area contributed by atoms with Gasteiger partial charge in [0.2, 0.25) is 0 Å². The van der Waals surface area contributed by atoms with Crippen LogP contribution in [0.1, 0.15) is 29.8 Å². The number of nitrogens with zero attached hydrogens (tertiary/aromatic N) is 2. The molecule has 1 aliphatic rings. The second kappa shape index (κ2) is 13.9. The van der Waals surface area contributed by atoms with Crippen LogP contribution in [0.2, 0.25) is 10.0 Å². The number of ether oxygens (including phenoxy) is 1. The van der Waals surface area contributed by atoms with Crippen molar-refractivity contribution >= 4 is 57.3 Å². The number of aliphatic hydroxyl groups is 1. The van der Waals surface area contributed by atoms with Gasteiger partial charge in [-0.2, -0.15) is 0 Å². The van der Waals surface area contributed by atoms with Crippen LogP contribution in [0.3, 0.4) is 0 Å². The number of fused-ring (bicyclic) bond motifs is 2. The lowest BCUT2D eigenvalue weighted by atomic mass is 9.99. The van der Waals surface area contributed by atoms with Gasteiger partial charge in [0.15, 0.2) is 0 Å². The molecule has 0 radical (unpaired) electrons. The molecule has 0 aliphatic carbocycles. The Hall–Kier alpha value is -3.82. The summed E-state index contributed by atoms with van der Waals surface area (Å²) in [6.45, 7) is 5.27. The fourth-order valence-corrected chi connectivity index (χ4v) is 5.78. The van der Waals surface area contributed by atoms with Crippen molar-refractivity contribution in [3.05, 3.63) is 100 Å². The minimum atomic E-state index is -0.434. The molecule has 0 fully saturated rings. The van der Waals surface area contributed by atoms with Crippen LogP contribution in [-0.2, 0) is 6.54 Å². The molecule has 1 heterocycles. The molecule has 44 heavy (non-hydrogen) atoms. The fourth-order valence-electron chi connectivity index (χ4n) is 5.46. The van der Waals surface area contributed by atoms with Crippen molar-refractivity contribution in [3.63, 3.8) is 0 Å². The summed E-state index contributed by atoms with van der Waals surface area (Å²) in [6, 6.07) is 23.3. The van der Waals surface area contributed by atoms with Gasteiger partial charge in [0.25, 0.3) is 5.91 Å². The van der Waals surface area contributed by atoms with Crippen molar-refractivity contribution in [2.75, 3.05) is 37.4 Å². The molecule has 0 spiro atoms. The van der Waals surface area contributed by atoms with Crippen LogP contribution in [0.25, 0.3) is 10.8 Å². The predicted molar refractivity (Wildman–Crippen MR) is 177 cm³/mol. The standard InChI is InChI=1S/C34H36Cl2N4O4/c1-21-17-40(22(2)20-41)33(42)27-16-25(37-34(43)38-30-10-6-8-24-7-4-5-9-26(24)30)12-14-31(27)44-32(21)19-39(3)18-23-11-13-28(35)29(36)15-23/h4-16,21-22,32,41H,17-20H2,1-3H3,(H2,37,38,43)/t21-,22+,32+/m0/s1. The number of amides is 3. The Labute approximate surface area is 267 Å². The summed E-state index contributed by atoms with van der Waals surface area (Å²) >= 11 is 12.3. The second-order valence-corrected chi connectivity index (χ2v) is 12.2. The molecule has 0 saturated carbocycles. The Kier molecular flexibility index (Phi) is 9.96. The highest BCUT2D eigenvalue weighted by Crippen LogP contribution is 2.31. The summed E-state index contributed by atoms with van der Waals surface area (Å²) in [4.78, 5) is 30.6. The third kappa shape index (κ3) is 7.27. The summed E-state index contributed by atoms with van der Waals surface area (Å²) in [7, 11) is 2.00. The van der Waals surface area contributed by atoms with Gasteiger partial charge in [-0.3, -0.25) is 9.69 Å². The Morgan fingerprint density at radius 2 is 1.82 bits per heavy atom. The highest BCUT2D eigenvalue weighted by molar-refractivity contribution is 6.42. The van der Waals surface area contributed by atoms with E-state index in [-0.39, 0.29) is 24.5 Å². The monoisotopic (exact) mass is 634 g/mol. The first kappa shape index (κ1) is 31.6. The molecule has 3 amide bonds. The normalized spacial score (nSPS) is 17.4. The van der Waals surface area contributed by atoms with Crippen LogP contribution in [0.5, 0.6) is 5.75 Å². The second-order valence-electron chi connectivity index (χ2n) is 11.4. The molecule has 5 rings (SSSR count). The van der Waals surface area contributed by atoms with E-state index in [4.69, 9.17) is 27.9 Å². The number of anilines is 2. The topological polar surface area (TPSA) is 94.1 Å². The van der Waals surface area contributed by atoms with Gasteiger partial charge in [-0.15, -0.1) is 0 Å². The molecule has 0 saturated heterocycles. The van der Waals surface area contributed by atoms with Crippen molar-refractivity contribution in [1.82, 2.24) is 9.80 Å². The number of halogens is 2. The maximum Gasteiger partial charge on any atom is 0.323 e. The SMILES string of the molecule is C[C@H](CO)N1C[C@H](C)[C@@H](CN(C)Cc2ccc(Cl)c(Cl)c2)Oc2ccc(NC(=O)Nc3cccc4ccccc34)cc2C1=O. The molecule has 230 valence electrons. The number of aliphatic hydroxyl groups excluding tert-OH is 1. The van der Waals surface area contributed by atoms with E-state index in [1.165, 1.54) is 0 Å². The minimum Gasteiger partial charge on any atom is -0.488 e. The summed E-state index contributed by atoms with van der Waals surface area (Å²) in [5, 5.41) is 18.7. The summed E-state index contributed by atoms with van der Waals surface area (Å²) in [5.41, 5.74) is 2.45. The van der Waals surface area contributed by atoms with Crippen molar-refractivity contribution in [2.45, 2.75) is 32.5 Å². The summed E-state index contributed by atoms with van der Waals surface area (Å²) in [5.74, 6) is 0.111. The fraction of sp³-hybridized carbons (Fsp3) is 0.294. The number of rotatable bonds is 8. The Morgan fingerprint density at radius 1 is 1.05 bits per heavy atom. The van der Waals surface area contributed by atoms with E-state index in [9.17, 15) is 14.7 Å². The summed E-state index contributed by atoms with van der Waals surface area (Å²) in [6.07, 6.45) is -0.267. The minimum absolute atomic E-state index is 0.0402. The van der Waals surface area contributed by atoms with E-state index < -0.39 is 12.1 Å². The number of likely N-dealkylation sites (N-methyl/N-ethyl adjacent to an activating group) is 1. The number of benzene rings is 4. The maximum atomic E-state index is 13.8. The van der Waals surface area contributed by atoms with Crippen molar-refractivity contribution in [2.24, 2.45) is 5.92 Å². The number of hydrogen-bond acceptors (Lipinski definition) is 5. The zero-order valence-corrected chi connectivity index (χ0v) is 26.4. The van der Waals surface area contributed by atoms with E-state index in [1.54, 1.807) is 29.2 Å². The van der Waals surface area contributed by atoms with E-state index in [0.29, 0.717) is 52.4 Å². The van der Waals surface area contributed by atoms with Gasteiger partial charge >= 0.3 is 6.03 Å². The zero-order valence-electron chi connectivity index (χ0n) is 24.9. The highest BCUT2D eigenvalue weighted by atomic mass is 35.5. The lowest BCUT2D eigenvalue weighted by Gasteiger charge is -2.38. The molecule has 4 aromatic carbocycles. The predicted octanol–water partition coefficient (Wildman–Crippen LogP) is 7.14. The van der Waals surface area contributed by atoms with Gasteiger partial charge in [-0.25, -0.2) is 4.79 Å². The van der Waals surface area contributed by atoms with Crippen LogP contribution in [0, 0.1) is 5.92 Å². The van der Waals surface area contributed by atoms with E-state index in [2.05, 4.69) is 15.5 Å². The lowest BCUT2D eigenvalue weighted by molar-refractivity contribution is 0.0341. The largest absolute Gasteiger partial charge is 0.488 e. The number of carbonyl (C=O) groups is 2. The molecule has 0 unspecified atom stereocenters. The van der Waals surface area contributed by atoms with Crippen molar-refractivity contribution < 1.29 is 19.4 Å². The van der Waals surface area contributed by atoms with Crippen molar-refractivity contribution in [3.8, 4) is 5.75 Å². The van der Waals surface area contributed by atoms with Gasteiger partial charge in [-0.05, 0) is 61.3 Å². The smallest absolute Gasteiger partial charge is 0.323 e. The average Bonchev–Trinajstić information content (AvgIpc) is 3.01. The molecule has 10 heteroatoms. The Balaban J connectivity index is 1.37. The summed E-state index contributed by atoms with van der Waals surface area (Å²) < 4.78 is 6.51. The first-order chi connectivity index (χ1) is 21.1. The van der Waals surface area contributed by atoms with E-state index >= 15 is 0 Å². The third-order valence-corrected chi connectivity index (χ3v) is 8.63. The van der Waals surface area contributed by atoms with Crippen LogP contribution < -0.4 is 15.4 Å². The van der Waals surface area contributed by atoms with Crippen LogP contribution >= 0.6 is 23.2 Å². The lowest BCUT2D eigenvalue weighted by Crippen LogP contribution is -2.49. The third-order valence-electron chi connectivity index (χ3n) is 7.89. The van der Waals surface area contributed by atoms with Crippen molar-refractivity contribution in [1.29, 1.82) is 0 Å². The number of carbonyl (C=O) groups excluding carboxylic acids is 2. The van der Waals surface area contributed by atoms with E-state index in [0.717, 1.165) is 16.3 Å². The maximum absolute atomic E-state index is 13.8. The average molecular weight is 636 g/mol. The highest BCUT2D eigenvalue weighted by Gasteiger charge is 2.33. The quantitative estimate of drug-likeness (QED) is 0.191. The van der Waals surface area contributed by atoms with Gasteiger partial charge in [0.05, 0.1) is 33.9 Å². The molecule has 0 aromatic heterocycles. The van der Waals surface area contributed by atoms with Gasteiger partial charge in [0.1, 0.15) is 11.9 Å². The first-order valence-electron chi connectivity index (χ1n) is 14.5. The molecule has 3 N–H and O–H groups in total. The first-order valence-corrected chi connectivity index (χ1v) is 15.3. The molecule has 0 bridgehead atoms. The molecular formula is C34H36Cl2N4O4. The Bertz CT molecular complexity index is 1660. The van der Waals surface area contributed by atoms with Crippen LogP contribution in [-0.4, -0.2) is 65.7 Å².